The Hall–Kier alpha value is -4.97. The first-order chi connectivity index (χ1) is 19.2. The molecule has 0 amide bonds. The molecular formula is C33H29NO5. The minimum Gasteiger partial charge on any atom is -0.497 e. The van der Waals surface area contributed by atoms with Crippen molar-refractivity contribution in [2.75, 3.05) is 14.2 Å². The van der Waals surface area contributed by atoms with E-state index in [2.05, 4.69) is 17.3 Å². The Bertz CT molecular complexity index is 1500. The summed E-state index contributed by atoms with van der Waals surface area (Å²) in [4.78, 5) is 0. The molecule has 4 aromatic rings. The predicted molar refractivity (Wildman–Crippen MR) is 152 cm³/mol. The van der Waals surface area contributed by atoms with Gasteiger partial charge in [-0.25, -0.2) is 0 Å². The highest BCUT2D eigenvalue weighted by molar-refractivity contribution is 6.20. The molecule has 6 heteroatoms. The van der Waals surface area contributed by atoms with Crippen molar-refractivity contribution in [1.82, 2.24) is 0 Å². The van der Waals surface area contributed by atoms with E-state index < -0.39 is 0 Å². The normalized spacial score (nSPS) is 15.8. The van der Waals surface area contributed by atoms with Crippen LogP contribution in [0.25, 0.3) is 11.6 Å². The second kappa shape index (κ2) is 12.0. The molecule has 0 aromatic heterocycles. The Morgan fingerprint density at radius 2 is 1.49 bits per heavy atom. The van der Waals surface area contributed by atoms with E-state index in [4.69, 9.17) is 18.9 Å². The third kappa shape index (κ3) is 5.96. The zero-order valence-corrected chi connectivity index (χ0v) is 21.8. The molecule has 6 nitrogen and oxygen atoms in total. The largest absolute Gasteiger partial charge is 0.497 e. The predicted octanol–water partition coefficient (Wildman–Crippen LogP) is 7.14. The lowest BCUT2D eigenvalue weighted by molar-refractivity contribution is 0.276. The SMILES string of the molecule is COc1ccc(\C=C2/OC(=C(/Cc3ccccc3)c3ccc(OCc4ccccc4OC)cc3)/C2=N/O)cc1. The average molecular weight is 520 g/mol. The van der Waals surface area contributed by atoms with Gasteiger partial charge in [-0.05, 0) is 53.1 Å². The lowest BCUT2D eigenvalue weighted by atomic mass is 9.93. The molecule has 1 fully saturated rings. The van der Waals surface area contributed by atoms with Gasteiger partial charge in [-0.15, -0.1) is 0 Å². The van der Waals surface area contributed by atoms with Gasteiger partial charge in [-0.2, -0.15) is 0 Å². The fourth-order valence-electron chi connectivity index (χ4n) is 4.37. The van der Waals surface area contributed by atoms with Gasteiger partial charge in [0.05, 0.1) is 14.2 Å². The van der Waals surface area contributed by atoms with Crippen molar-refractivity contribution in [3.05, 3.63) is 137 Å². The summed E-state index contributed by atoms with van der Waals surface area (Å²) in [6.07, 6.45) is 2.44. The van der Waals surface area contributed by atoms with Gasteiger partial charge in [0.2, 0.25) is 0 Å². The average Bonchev–Trinajstić information content (AvgIpc) is 2.98. The van der Waals surface area contributed by atoms with Crippen LogP contribution in [-0.2, 0) is 17.8 Å². The Labute approximate surface area is 228 Å². The molecule has 196 valence electrons. The van der Waals surface area contributed by atoms with Crippen molar-refractivity contribution in [2.45, 2.75) is 13.0 Å². The molecule has 1 heterocycles. The lowest BCUT2D eigenvalue weighted by Gasteiger charge is -2.27. The van der Waals surface area contributed by atoms with E-state index in [9.17, 15) is 5.21 Å². The number of hydrogen-bond acceptors (Lipinski definition) is 6. The Balaban J connectivity index is 1.41. The van der Waals surface area contributed by atoms with Crippen molar-refractivity contribution < 1.29 is 24.2 Å². The van der Waals surface area contributed by atoms with E-state index >= 15 is 0 Å². The van der Waals surface area contributed by atoms with Crippen LogP contribution in [0.4, 0.5) is 0 Å². The summed E-state index contributed by atoms with van der Waals surface area (Å²) in [6, 6.07) is 33.3. The monoisotopic (exact) mass is 519 g/mol. The molecule has 0 bridgehead atoms. The molecule has 0 atom stereocenters. The van der Waals surface area contributed by atoms with Gasteiger partial charge in [-0.1, -0.05) is 78.0 Å². The second-order valence-electron chi connectivity index (χ2n) is 8.93. The Morgan fingerprint density at radius 1 is 0.795 bits per heavy atom. The number of nitrogens with zero attached hydrogens (tertiary/aromatic N) is 1. The highest BCUT2D eigenvalue weighted by Gasteiger charge is 2.33. The molecule has 5 rings (SSSR count). The number of rotatable bonds is 9. The summed E-state index contributed by atoms with van der Waals surface area (Å²) in [5, 5.41) is 13.5. The van der Waals surface area contributed by atoms with Crippen LogP contribution in [0.5, 0.6) is 17.2 Å². The van der Waals surface area contributed by atoms with Crippen LogP contribution in [0.2, 0.25) is 0 Å². The molecule has 4 aromatic carbocycles. The number of ether oxygens (including phenoxy) is 4. The first kappa shape index (κ1) is 25.7. The topological polar surface area (TPSA) is 69.5 Å². The van der Waals surface area contributed by atoms with Gasteiger partial charge in [0, 0.05) is 17.6 Å². The van der Waals surface area contributed by atoms with Crippen LogP contribution in [0, 0.1) is 0 Å². The van der Waals surface area contributed by atoms with Gasteiger partial charge < -0.3 is 24.2 Å². The summed E-state index contributed by atoms with van der Waals surface area (Å²) in [7, 11) is 3.28. The summed E-state index contributed by atoms with van der Waals surface area (Å²) in [5.41, 5.74) is 5.27. The van der Waals surface area contributed by atoms with E-state index in [1.165, 1.54) is 0 Å². The van der Waals surface area contributed by atoms with Crippen LogP contribution in [0.3, 0.4) is 0 Å². The maximum Gasteiger partial charge on any atom is 0.187 e. The van der Waals surface area contributed by atoms with E-state index in [1.54, 1.807) is 14.2 Å². The van der Waals surface area contributed by atoms with Crippen molar-refractivity contribution in [2.24, 2.45) is 5.16 Å². The number of benzene rings is 4. The highest BCUT2D eigenvalue weighted by Crippen LogP contribution is 2.36. The van der Waals surface area contributed by atoms with E-state index in [0.717, 1.165) is 45.1 Å². The quantitative estimate of drug-likeness (QED) is 0.188. The van der Waals surface area contributed by atoms with Crippen LogP contribution in [0.15, 0.2) is 120 Å². The molecular weight excluding hydrogens is 490 g/mol. The maximum absolute atomic E-state index is 9.90. The molecule has 1 N–H and O–H groups in total. The van der Waals surface area contributed by atoms with Crippen LogP contribution in [0.1, 0.15) is 22.3 Å². The second-order valence-corrected chi connectivity index (χ2v) is 8.93. The molecule has 0 aliphatic carbocycles. The zero-order valence-electron chi connectivity index (χ0n) is 21.8. The molecule has 0 saturated carbocycles. The first-order valence-corrected chi connectivity index (χ1v) is 12.6. The summed E-state index contributed by atoms with van der Waals surface area (Å²) < 4.78 is 22.8. The first-order valence-electron chi connectivity index (χ1n) is 12.6. The standard InChI is InChI=1S/C33H29NO5/c1-36-27-16-12-24(13-17-27)21-31-32(34-35)33(39-31)29(20-23-8-4-3-5-9-23)25-14-18-28(19-15-25)38-22-26-10-6-7-11-30(26)37-2/h3-19,21,35H,20,22H2,1-2H3/b31-21-,33-29-,34-32+. The zero-order chi connectivity index (χ0) is 27.0. The fraction of sp³-hybridized carbons (Fsp3) is 0.121. The molecule has 0 radical (unpaired) electrons. The number of allylic oxidation sites excluding steroid dienone is 1. The van der Waals surface area contributed by atoms with E-state index in [0.29, 0.717) is 30.3 Å². The number of oxime groups is 1. The van der Waals surface area contributed by atoms with Crippen molar-refractivity contribution >= 4 is 17.4 Å². The smallest absolute Gasteiger partial charge is 0.187 e. The minimum absolute atomic E-state index is 0.394. The van der Waals surface area contributed by atoms with Crippen LogP contribution in [-0.4, -0.2) is 25.1 Å². The van der Waals surface area contributed by atoms with E-state index in [-0.39, 0.29) is 0 Å². The Kier molecular flexibility index (Phi) is 7.93. The summed E-state index contributed by atoms with van der Waals surface area (Å²) in [5.74, 6) is 3.34. The summed E-state index contributed by atoms with van der Waals surface area (Å²) in [6.45, 7) is 0.394. The molecule has 1 saturated heterocycles. The summed E-state index contributed by atoms with van der Waals surface area (Å²) >= 11 is 0. The highest BCUT2D eigenvalue weighted by atomic mass is 16.5. The van der Waals surface area contributed by atoms with Crippen molar-refractivity contribution in [1.29, 1.82) is 0 Å². The minimum atomic E-state index is 0.394. The van der Waals surface area contributed by atoms with Gasteiger partial charge in [0.1, 0.15) is 23.9 Å². The Morgan fingerprint density at radius 3 is 2.18 bits per heavy atom. The number of para-hydroxylation sites is 1. The van der Waals surface area contributed by atoms with Gasteiger partial charge in [0.15, 0.2) is 17.2 Å². The van der Waals surface area contributed by atoms with Gasteiger partial charge >= 0.3 is 0 Å². The number of hydrogen-bond donors (Lipinski definition) is 1. The third-order valence-corrected chi connectivity index (χ3v) is 6.46. The van der Waals surface area contributed by atoms with Gasteiger partial charge in [0.25, 0.3) is 0 Å². The van der Waals surface area contributed by atoms with Gasteiger partial charge in [-0.3, -0.25) is 0 Å². The van der Waals surface area contributed by atoms with Crippen molar-refractivity contribution in [3.8, 4) is 17.2 Å². The molecule has 39 heavy (non-hydrogen) atoms. The molecule has 1 aliphatic heterocycles. The van der Waals surface area contributed by atoms with Crippen molar-refractivity contribution in [3.63, 3.8) is 0 Å². The fourth-order valence-corrected chi connectivity index (χ4v) is 4.37. The maximum atomic E-state index is 9.90. The molecule has 0 spiro atoms. The third-order valence-electron chi connectivity index (χ3n) is 6.46. The molecule has 1 aliphatic rings. The lowest BCUT2D eigenvalue weighted by Crippen LogP contribution is -2.25. The number of methoxy groups -OCH3 is 2. The van der Waals surface area contributed by atoms with Crippen LogP contribution < -0.4 is 14.2 Å². The van der Waals surface area contributed by atoms with E-state index in [1.807, 2.05) is 97.1 Å². The van der Waals surface area contributed by atoms with Crippen LogP contribution >= 0.6 is 0 Å². The molecule has 0 unspecified atom stereocenters.